The van der Waals surface area contributed by atoms with Gasteiger partial charge in [-0.3, -0.25) is 4.79 Å². The van der Waals surface area contributed by atoms with Crippen molar-refractivity contribution >= 4 is 17.5 Å². The molecule has 1 saturated carbocycles. The van der Waals surface area contributed by atoms with Gasteiger partial charge < -0.3 is 15.2 Å². The number of hydrogen-bond donors (Lipinski definition) is 2. The number of rotatable bonds is 4. The molecule has 0 atom stereocenters. The molecule has 1 aliphatic carbocycles. The van der Waals surface area contributed by atoms with Crippen LogP contribution in [0.5, 0.6) is 5.75 Å². The molecule has 1 aromatic carbocycles. The molecule has 1 aromatic rings. The van der Waals surface area contributed by atoms with E-state index in [1.807, 2.05) is 0 Å². The van der Waals surface area contributed by atoms with Crippen LogP contribution in [0.4, 0.5) is 0 Å². The smallest absolute Gasteiger partial charge is 0.255 e. The molecule has 0 aromatic heterocycles. The molecule has 20 heavy (non-hydrogen) atoms. The first-order valence-corrected chi connectivity index (χ1v) is 7.26. The predicted octanol–water partition coefficient (Wildman–Crippen LogP) is 2.77. The lowest BCUT2D eigenvalue weighted by Gasteiger charge is -2.32. The van der Waals surface area contributed by atoms with Gasteiger partial charge in [0.15, 0.2) is 0 Å². The molecule has 110 valence electrons. The van der Waals surface area contributed by atoms with Gasteiger partial charge in [0.05, 0.1) is 18.3 Å². The minimum absolute atomic E-state index is 0.252. The Morgan fingerprint density at radius 2 is 2.10 bits per heavy atom. The molecule has 2 N–H and O–H groups in total. The molecule has 0 radical (unpaired) electrons. The van der Waals surface area contributed by atoms with Crippen LogP contribution in [0.2, 0.25) is 5.02 Å². The molecule has 0 bridgehead atoms. The van der Waals surface area contributed by atoms with E-state index in [1.54, 1.807) is 18.2 Å². The molecule has 2 rings (SSSR count). The van der Waals surface area contributed by atoms with Crippen molar-refractivity contribution in [2.75, 3.05) is 13.7 Å². The highest BCUT2D eigenvalue weighted by Gasteiger charge is 2.29. The Bertz CT molecular complexity index is 484. The van der Waals surface area contributed by atoms with Crippen LogP contribution >= 0.6 is 11.6 Å². The molecular formula is C15H20ClNO3. The summed E-state index contributed by atoms with van der Waals surface area (Å²) in [6.45, 7) is 0.275. The van der Waals surface area contributed by atoms with Crippen molar-refractivity contribution in [3.63, 3.8) is 0 Å². The van der Waals surface area contributed by atoms with Gasteiger partial charge in [0.1, 0.15) is 5.75 Å². The Morgan fingerprint density at radius 3 is 2.75 bits per heavy atom. The topological polar surface area (TPSA) is 58.6 Å². The molecule has 5 heteroatoms. The van der Waals surface area contributed by atoms with Crippen molar-refractivity contribution in [1.29, 1.82) is 0 Å². The monoisotopic (exact) mass is 297 g/mol. The predicted molar refractivity (Wildman–Crippen MR) is 78.4 cm³/mol. The molecule has 0 heterocycles. The molecule has 1 amide bonds. The van der Waals surface area contributed by atoms with E-state index in [1.165, 1.54) is 7.11 Å². The minimum Gasteiger partial charge on any atom is -0.496 e. The third-order valence-corrected chi connectivity index (χ3v) is 4.01. The highest BCUT2D eigenvalue weighted by atomic mass is 35.5. The summed E-state index contributed by atoms with van der Waals surface area (Å²) in [4.78, 5) is 12.2. The van der Waals surface area contributed by atoms with Crippen molar-refractivity contribution in [2.24, 2.45) is 0 Å². The lowest BCUT2D eigenvalue weighted by Crippen LogP contribution is -2.44. The summed E-state index contributed by atoms with van der Waals surface area (Å²) in [6, 6.07) is 4.88. The third kappa shape index (κ3) is 3.64. The van der Waals surface area contributed by atoms with Crippen molar-refractivity contribution in [3.8, 4) is 5.75 Å². The lowest BCUT2D eigenvalue weighted by atomic mass is 9.85. The van der Waals surface area contributed by atoms with E-state index < -0.39 is 5.60 Å². The van der Waals surface area contributed by atoms with E-state index in [0.29, 0.717) is 16.3 Å². The van der Waals surface area contributed by atoms with Gasteiger partial charge in [-0.25, -0.2) is 0 Å². The van der Waals surface area contributed by atoms with E-state index in [9.17, 15) is 9.90 Å². The fourth-order valence-corrected chi connectivity index (χ4v) is 2.74. The first-order valence-electron chi connectivity index (χ1n) is 6.88. The summed E-state index contributed by atoms with van der Waals surface area (Å²) in [5.41, 5.74) is -0.343. The second kappa shape index (κ2) is 6.46. The number of carbonyl (C=O) groups excluding carboxylic acids is 1. The third-order valence-electron chi connectivity index (χ3n) is 3.77. The van der Waals surface area contributed by atoms with Crippen LogP contribution in [0.15, 0.2) is 18.2 Å². The average Bonchev–Trinajstić information content (AvgIpc) is 2.45. The molecule has 4 nitrogen and oxygen atoms in total. The van der Waals surface area contributed by atoms with E-state index in [0.717, 1.165) is 32.1 Å². The Kier molecular flexibility index (Phi) is 4.89. The number of amides is 1. The molecule has 0 aliphatic heterocycles. The quantitative estimate of drug-likeness (QED) is 0.898. The largest absolute Gasteiger partial charge is 0.496 e. The Balaban J connectivity index is 2.01. The molecule has 0 spiro atoms. The maximum Gasteiger partial charge on any atom is 0.255 e. The van der Waals surface area contributed by atoms with E-state index >= 15 is 0 Å². The summed E-state index contributed by atoms with van der Waals surface area (Å²) in [6.07, 6.45) is 4.66. The van der Waals surface area contributed by atoms with Crippen molar-refractivity contribution in [1.82, 2.24) is 5.32 Å². The van der Waals surface area contributed by atoms with Crippen LogP contribution in [0.25, 0.3) is 0 Å². The zero-order valence-corrected chi connectivity index (χ0v) is 12.4. The van der Waals surface area contributed by atoms with E-state index in [-0.39, 0.29) is 12.5 Å². The van der Waals surface area contributed by atoms with Gasteiger partial charge >= 0.3 is 0 Å². The zero-order valence-electron chi connectivity index (χ0n) is 11.6. The van der Waals surface area contributed by atoms with Crippen LogP contribution in [-0.4, -0.2) is 30.3 Å². The van der Waals surface area contributed by atoms with E-state index in [2.05, 4.69) is 5.32 Å². The summed E-state index contributed by atoms with van der Waals surface area (Å²) < 4.78 is 5.16. The van der Waals surface area contributed by atoms with Gasteiger partial charge in [-0.1, -0.05) is 30.9 Å². The number of methoxy groups -OCH3 is 1. The van der Waals surface area contributed by atoms with Crippen LogP contribution in [-0.2, 0) is 0 Å². The molecule has 0 saturated heterocycles. The number of hydrogen-bond acceptors (Lipinski definition) is 3. The Hall–Kier alpha value is -1.26. The van der Waals surface area contributed by atoms with Gasteiger partial charge in [-0.05, 0) is 31.0 Å². The standard InChI is InChI=1S/C15H20ClNO3/c1-20-13-9-11(16)5-6-12(13)14(18)17-10-15(19)7-3-2-4-8-15/h5-6,9,19H,2-4,7-8,10H2,1H3,(H,17,18). The number of halogens is 1. The van der Waals surface area contributed by atoms with Crippen LogP contribution in [0, 0.1) is 0 Å². The molecule has 1 fully saturated rings. The van der Waals surface area contributed by atoms with E-state index in [4.69, 9.17) is 16.3 Å². The summed E-state index contributed by atoms with van der Waals surface area (Å²) in [5, 5.41) is 13.7. The SMILES string of the molecule is COc1cc(Cl)ccc1C(=O)NCC1(O)CCCCC1. The first kappa shape index (κ1) is 15.1. The maximum atomic E-state index is 12.2. The Labute approximate surface area is 124 Å². The van der Waals surface area contributed by atoms with Crippen molar-refractivity contribution in [3.05, 3.63) is 28.8 Å². The van der Waals surface area contributed by atoms with Crippen molar-refractivity contribution < 1.29 is 14.6 Å². The minimum atomic E-state index is -0.770. The lowest BCUT2D eigenvalue weighted by molar-refractivity contribution is 0.00523. The normalized spacial score (nSPS) is 17.6. The van der Waals surface area contributed by atoms with Gasteiger partial charge in [-0.15, -0.1) is 0 Å². The van der Waals surface area contributed by atoms with Crippen LogP contribution in [0.3, 0.4) is 0 Å². The second-order valence-electron chi connectivity index (χ2n) is 5.31. The van der Waals surface area contributed by atoms with Gasteiger partial charge in [0, 0.05) is 11.6 Å². The van der Waals surface area contributed by atoms with Crippen LogP contribution in [0.1, 0.15) is 42.5 Å². The number of benzene rings is 1. The van der Waals surface area contributed by atoms with Crippen LogP contribution < -0.4 is 10.1 Å². The second-order valence-corrected chi connectivity index (χ2v) is 5.75. The average molecular weight is 298 g/mol. The number of carbonyl (C=O) groups is 1. The maximum absolute atomic E-state index is 12.2. The molecule has 0 unspecified atom stereocenters. The fourth-order valence-electron chi connectivity index (χ4n) is 2.58. The zero-order chi connectivity index (χ0) is 14.6. The highest BCUT2D eigenvalue weighted by molar-refractivity contribution is 6.30. The first-order chi connectivity index (χ1) is 9.54. The Morgan fingerprint density at radius 1 is 1.40 bits per heavy atom. The van der Waals surface area contributed by atoms with Gasteiger partial charge in [0.2, 0.25) is 0 Å². The van der Waals surface area contributed by atoms with Crippen molar-refractivity contribution in [2.45, 2.75) is 37.7 Å². The summed E-state index contributed by atoms with van der Waals surface area (Å²) >= 11 is 5.87. The highest BCUT2D eigenvalue weighted by Crippen LogP contribution is 2.28. The summed E-state index contributed by atoms with van der Waals surface area (Å²) in [7, 11) is 1.50. The van der Waals surface area contributed by atoms with Gasteiger partial charge in [0.25, 0.3) is 5.91 Å². The summed E-state index contributed by atoms with van der Waals surface area (Å²) in [5.74, 6) is 0.183. The molecular weight excluding hydrogens is 278 g/mol. The fraction of sp³-hybridized carbons (Fsp3) is 0.533. The number of nitrogens with one attached hydrogen (secondary N) is 1. The molecule has 1 aliphatic rings. The number of ether oxygens (including phenoxy) is 1. The van der Waals surface area contributed by atoms with Gasteiger partial charge in [-0.2, -0.15) is 0 Å². The number of aliphatic hydroxyl groups is 1.